The average molecular weight is 482 g/mol. The van der Waals surface area contributed by atoms with Crippen LogP contribution in [0.15, 0.2) is 78.9 Å². The molecule has 2 fully saturated rings. The number of aryl methyl sites for hydroxylation is 2. The molecule has 36 heavy (non-hydrogen) atoms. The Balaban J connectivity index is 1.26. The highest BCUT2D eigenvalue weighted by molar-refractivity contribution is 5.95. The maximum absolute atomic E-state index is 13.7. The summed E-state index contributed by atoms with van der Waals surface area (Å²) in [7, 11) is 0. The van der Waals surface area contributed by atoms with Crippen LogP contribution < -0.4 is 0 Å². The van der Waals surface area contributed by atoms with Crippen LogP contribution in [0, 0.1) is 13.8 Å². The number of benzene rings is 3. The third kappa shape index (κ3) is 6.05. The lowest BCUT2D eigenvalue weighted by Crippen LogP contribution is -2.56. The molecule has 0 aliphatic carbocycles. The van der Waals surface area contributed by atoms with Crippen molar-refractivity contribution in [3.05, 3.63) is 107 Å². The number of piperidine rings is 1. The molecule has 4 heteroatoms. The Morgan fingerprint density at radius 3 is 2.03 bits per heavy atom. The monoisotopic (exact) mass is 481 g/mol. The largest absolute Gasteiger partial charge is 0.335 e. The van der Waals surface area contributed by atoms with Crippen molar-refractivity contribution >= 4 is 5.91 Å². The first kappa shape index (κ1) is 24.7. The van der Waals surface area contributed by atoms with Gasteiger partial charge >= 0.3 is 0 Å². The molecule has 2 aliphatic rings. The second kappa shape index (κ2) is 11.4. The van der Waals surface area contributed by atoms with Gasteiger partial charge in [0.1, 0.15) is 0 Å². The van der Waals surface area contributed by atoms with E-state index in [2.05, 4.69) is 95.3 Å². The lowest BCUT2D eigenvalue weighted by Gasteiger charge is -2.46. The lowest BCUT2D eigenvalue weighted by atomic mass is 9.90. The highest BCUT2D eigenvalue weighted by atomic mass is 16.2. The molecule has 3 aromatic rings. The maximum Gasteiger partial charge on any atom is 0.254 e. The summed E-state index contributed by atoms with van der Waals surface area (Å²) in [6.45, 7) is 10.5. The Morgan fingerprint density at radius 1 is 0.778 bits per heavy atom. The van der Waals surface area contributed by atoms with E-state index in [1.807, 2.05) is 12.1 Å². The van der Waals surface area contributed by atoms with Crippen molar-refractivity contribution < 1.29 is 4.79 Å². The molecular weight excluding hydrogens is 442 g/mol. The predicted molar refractivity (Wildman–Crippen MR) is 147 cm³/mol. The van der Waals surface area contributed by atoms with Gasteiger partial charge in [0.15, 0.2) is 0 Å². The number of hydrogen-bond acceptors (Lipinski definition) is 3. The van der Waals surface area contributed by atoms with Crippen molar-refractivity contribution in [2.75, 3.05) is 32.7 Å². The van der Waals surface area contributed by atoms with E-state index in [0.29, 0.717) is 6.04 Å². The lowest BCUT2D eigenvalue weighted by molar-refractivity contribution is 0.0281. The molecule has 5 rings (SSSR count). The molecule has 0 aromatic heterocycles. The fourth-order valence-corrected chi connectivity index (χ4v) is 6.10. The summed E-state index contributed by atoms with van der Waals surface area (Å²) in [5.74, 6) is 0.189. The van der Waals surface area contributed by atoms with Crippen LogP contribution in [0.1, 0.15) is 45.5 Å². The minimum Gasteiger partial charge on any atom is -0.335 e. The van der Waals surface area contributed by atoms with Gasteiger partial charge in [0.25, 0.3) is 5.91 Å². The quantitative estimate of drug-likeness (QED) is 0.476. The number of hydrogen-bond donors (Lipinski definition) is 0. The minimum absolute atomic E-state index is 0.189. The number of carbonyl (C=O) groups is 1. The molecule has 1 amide bonds. The number of rotatable bonds is 6. The molecule has 2 aliphatic heterocycles. The summed E-state index contributed by atoms with van der Waals surface area (Å²) in [6.07, 6.45) is 3.02. The Bertz CT molecular complexity index is 1120. The van der Waals surface area contributed by atoms with Crippen LogP contribution in [0.3, 0.4) is 0 Å². The average Bonchev–Trinajstić information content (AvgIpc) is 2.89. The Hall–Kier alpha value is -2.95. The van der Waals surface area contributed by atoms with Gasteiger partial charge < -0.3 is 4.90 Å². The molecule has 0 N–H and O–H groups in total. The van der Waals surface area contributed by atoms with Crippen molar-refractivity contribution in [2.45, 2.75) is 51.7 Å². The zero-order valence-electron chi connectivity index (χ0n) is 21.8. The molecule has 4 nitrogen and oxygen atoms in total. The Labute approximate surface area is 216 Å². The van der Waals surface area contributed by atoms with Crippen molar-refractivity contribution in [3.63, 3.8) is 0 Å². The molecular formula is C32H39N3O. The SMILES string of the molecule is Cc1cc(C)cc(C(=O)N2CCC(N3CCN(Cc4ccccc4)CC3)CC2Cc2ccccc2)c1. The second-order valence-corrected chi connectivity index (χ2v) is 10.7. The van der Waals surface area contributed by atoms with Crippen molar-refractivity contribution in [1.29, 1.82) is 0 Å². The third-order valence-electron chi connectivity index (χ3n) is 7.90. The molecule has 2 atom stereocenters. The molecule has 0 spiro atoms. The standard InChI is InChI=1S/C32H39N3O/c1-25-19-26(2)21-29(20-25)32(36)35-14-13-30(23-31(35)22-27-9-5-3-6-10-27)34-17-15-33(16-18-34)24-28-11-7-4-8-12-28/h3-12,19-21,30-31H,13-18,22-24H2,1-2H3. The Morgan fingerprint density at radius 2 is 1.39 bits per heavy atom. The van der Waals surface area contributed by atoms with Gasteiger partial charge in [-0.15, -0.1) is 0 Å². The molecule has 2 heterocycles. The number of likely N-dealkylation sites (tertiary alicyclic amines) is 1. The van der Waals surface area contributed by atoms with E-state index in [4.69, 9.17) is 0 Å². The van der Waals surface area contributed by atoms with E-state index >= 15 is 0 Å². The summed E-state index contributed by atoms with van der Waals surface area (Å²) in [4.78, 5) is 21.1. The number of amides is 1. The summed E-state index contributed by atoms with van der Waals surface area (Å²) in [5, 5.41) is 0. The van der Waals surface area contributed by atoms with Crippen LogP contribution in [0.5, 0.6) is 0 Å². The molecule has 2 unspecified atom stereocenters. The highest BCUT2D eigenvalue weighted by Gasteiger charge is 2.35. The van der Waals surface area contributed by atoms with E-state index in [9.17, 15) is 4.79 Å². The fraction of sp³-hybridized carbons (Fsp3) is 0.406. The van der Waals surface area contributed by atoms with Crippen molar-refractivity contribution in [2.24, 2.45) is 0 Å². The fourth-order valence-electron chi connectivity index (χ4n) is 6.10. The van der Waals surface area contributed by atoms with Gasteiger partial charge in [-0.05, 0) is 56.4 Å². The van der Waals surface area contributed by atoms with Crippen LogP contribution in [0.2, 0.25) is 0 Å². The topological polar surface area (TPSA) is 26.8 Å². The van der Waals surface area contributed by atoms with Gasteiger partial charge in [0, 0.05) is 56.9 Å². The molecule has 0 bridgehead atoms. The van der Waals surface area contributed by atoms with Gasteiger partial charge in [-0.1, -0.05) is 77.9 Å². The van der Waals surface area contributed by atoms with Crippen LogP contribution in [-0.2, 0) is 13.0 Å². The maximum atomic E-state index is 13.7. The molecule has 0 radical (unpaired) electrons. The normalized spacial score (nSPS) is 21.4. The highest BCUT2D eigenvalue weighted by Crippen LogP contribution is 2.28. The number of piperazine rings is 1. The van der Waals surface area contributed by atoms with Gasteiger partial charge in [-0.3, -0.25) is 14.6 Å². The van der Waals surface area contributed by atoms with Crippen LogP contribution >= 0.6 is 0 Å². The zero-order valence-corrected chi connectivity index (χ0v) is 21.8. The van der Waals surface area contributed by atoms with Gasteiger partial charge in [-0.25, -0.2) is 0 Å². The molecule has 188 valence electrons. The second-order valence-electron chi connectivity index (χ2n) is 10.7. The molecule has 2 saturated heterocycles. The summed E-state index contributed by atoms with van der Waals surface area (Å²) < 4.78 is 0. The Kier molecular flexibility index (Phi) is 7.84. The van der Waals surface area contributed by atoms with Crippen LogP contribution in [0.4, 0.5) is 0 Å². The van der Waals surface area contributed by atoms with Gasteiger partial charge in [0.2, 0.25) is 0 Å². The van der Waals surface area contributed by atoms with E-state index in [1.54, 1.807) is 0 Å². The van der Waals surface area contributed by atoms with Crippen LogP contribution in [0.25, 0.3) is 0 Å². The first-order chi connectivity index (χ1) is 17.5. The molecule has 0 saturated carbocycles. The van der Waals surface area contributed by atoms with Crippen LogP contribution in [-0.4, -0.2) is 65.4 Å². The summed E-state index contributed by atoms with van der Waals surface area (Å²) in [6, 6.07) is 28.5. The van der Waals surface area contributed by atoms with Crippen molar-refractivity contribution in [1.82, 2.24) is 14.7 Å². The smallest absolute Gasteiger partial charge is 0.254 e. The first-order valence-electron chi connectivity index (χ1n) is 13.5. The summed E-state index contributed by atoms with van der Waals surface area (Å²) >= 11 is 0. The number of nitrogens with zero attached hydrogens (tertiary/aromatic N) is 3. The number of carbonyl (C=O) groups excluding carboxylic acids is 1. The van der Waals surface area contributed by atoms with E-state index in [-0.39, 0.29) is 11.9 Å². The third-order valence-corrected chi connectivity index (χ3v) is 7.90. The van der Waals surface area contributed by atoms with E-state index in [0.717, 1.165) is 75.2 Å². The van der Waals surface area contributed by atoms with E-state index < -0.39 is 0 Å². The van der Waals surface area contributed by atoms with E-state index in [1.165, 1.54) is 11.1 Å². The predicted octanol–water partition coefficient (Wildman–Crippen LogP) is 5.34. The first-order valence-corrected chi connectivity index (χ1v) is 13.5. The van der Waals surface area contributed by atoms with Gasteiger partial charge in [0.05, 0.1) is 0 Å². The zero-order chi connectivity index (χ0) is 24.9. The molecule has 3 aromatic carbocycles. The summed E-state index contributed by atoms with van der Waals surface area (Å²) in [5.41, 5.74) is 5.85. The van der Waals surface area contributed by atoms with Crippen molar-refractivity contribution in [3.8, 4) is 0 Å². The minimum atomic E-state index is 0.189. The van der Waals surface area contributed by atoms with Gasteiger partial charge in [-0.2, -0.15) is 0 Å².